The number of aryl methyl sites for hydroxylation is 2. The van der Waals surface area contributed by atoms with E-state index in [0.717, 1.165) is 29.9 Å². The Morgan fingerprint density at radius 3 is 2.15 bits per heavy atom. The zero-order valence-electron chi connectivity index (χ0n) is 23.0. The van der Waals surface area contributed by atoms with Crippen LogP contribution in [0.1, 0.15) is 42.1 Å². The number of aliphatic hydroxyl groups is 1. The highest BCUT2D eigenvalue weighted by Crippen LogP contribution is 2.45. The molecule has 3 aromatic rings. The summed E-state index contributed by atoms with van der Waals surface area (Å²) in [5.74, 6) is -1.35. The van der Waals surface area contributed by atoms with Crippen molar-refractivity contribution in [3.8, 4) is 11.5 Å². The van der Waals surface area contributed by atoms with Gasteiger partial charge in [-0.05, 0) is 63.1 Å². The molecule has 4 rings (SSSR count). The number of halogens is 1. The number of nitrogens with zero attached hydrogens (tertiary/aromatic N) is 2. The maximum absolute atomic E-state index is 13.6. The molecule has 0 radical (unpaired) electrons. The van der Waals surface area contributed by atoms with E-state index < -0.39 is 17.7 Å². The predicted octanol–water partition coefficient (Wildman–Crippen LogP) is 6.45. The van der Waals surface area contributed by atoms with Crippen LogP contribution in [0.15, 0.2) is 60.2 Å². The summed E-state index contributed by atoms with van der Waals surface area (Å²) in [6.45, 7) is 9.72. The van der Waals surface area contributed by atoms with Crippen molar-refractivity contribution >= 4 is 40.4 Å². The van der Waals surface area contributed by atoms with Crippen LogP contribution in [0.5, 0.6) is 11.5 Å². The SMILES string of the molecule is CCN(CC)c1ccc(C2/C(=C(\O)c3cc(OC)c(Cl)cc3OC)C(=O)C(=O)N2c2ccc(C)cc2C)cc1. The lowest BCUT2D eigenvalue weighted by Gasteiger charge is -2.28. The number of carbonyl (C=O) groups is 2. The first-order chi connectivity index (χ1) is 18.7. The molecule has 1 unspecified atom stereocenters. The number of ketones is 1. The van der Waals surface area contributed by atoms with E-state index in [4.69, 9.17) is 21.1 Å². The van der Waals surface area contributed by atoms with Crippen molar-refractivity contribution in [3.05, 3.63) is 87.4 Å². The number of carbonyl (C=O) groups excluding carboxylic acids is 2. The van der Waals surface area contributed by atoms with Crippen molar-refractivity contribution in [1.82, 2.24) is 0 Å². The summed E-state index contributed by atoms with van der Waals surface area (Å²) in [7, 11) is 2.89. The van der Waals surface area contributed by atoms with Gasteiger partial charge in [0.1, 0.15) is 17.3 Å². The molecule has 204 valence electrons. The van der Waals surface area contributed by atoms with E-state index in [1.807, 2.05) is 56.3 Å². The average Bonchev–Trinajstić information content (AvgIpc) is 3.19. The highest BCUT2D eigenvalue weighted by atomic mass is 35.5. The summed E-state index contributed by atoms with van der Waals surface area (Å²) >= 11 is 6.28. The van der Waals surface area contributed by atoms with Gasteiger partial charge in [0.25, 0.3) is 11.7 Å². The monoisotopic (exact) mass is 548 g/mol. The molecule has 1 atom stereocenters. The lowest BCUT2D eigenvalue weighted by Crippen LogP contribution is -2.30. The summed E-state index contributed by atoms with van der Waals surface area (Å²) in [4.78, 5) is 30.9. The van der Waals surface area contributed by atoms with Gasteiger partial charge in [-0.15, -0.1) is 0 Å². The zero-order chi connectivity index (χ0) is 28.4. The fourth-order valence-electron chi connectivity index (χ4n) is 5.12. The minimum atomic E-state index is -0.872. The van der Waals surface area contributed by atoms with Gasteiger partial charge in [0, 0.05) is 30.5 Å². The first-order valence-corrected chi connectivity index (χ1v) is 13.2. The molecule has 1 saturated heterocycles. The minimum absolute atomic E-state index is 0.0433. The molecule has 39 heavy (non-hydrogen) atoms. The highest BCUT2D eigenvalue weighted by Gasteiger charge is 2.47. The Bertz CT molecular complexity index is 1440. The largest absolute Gasteiger partial charge is 0.507 e. The second kappa shape index (κ2) is 11.4. The lowest BCUT2D eigenvalue weighted by molar-refractivity contribution is -0.132. The Labute approximate surface area is 234 Å². The first-order valence-electron chi connectivity index (χ1n) is 12.8. The molecule has 1 amide bonds. The molecule has 1 fully saturated rings. The Morgan fingerprint density at radius 1 is 0.949 bits per heavy atom. The summed E-state index contributed by atoms with van der Waals surface area (Å²) in [5, 5.41) is 11.9. The Balaban J connectivity index is 1.98. The minimum Gasteiger partial charge on any atom is -0.507 e. The Morgan fingerprint density at radius 2 is 1.59 bits per heavy atom. The van der Waals surface area contributed by atoms with E-state index in [0.29, 0.717) is 17.0 Å². The molecule has 0 spiro atoms. The number of aliphatic hydroxyl groups excluding tert-OH is 1. The number of anilines is 2. The second-order valence-electron chi connectivity index (χ2n) is 9.41. The van der Waals surface area contributed by atoms with Crippen LogP contribution in [0.2, 0.25) is 5.02 Å². The number of ether oxygens (including phenoxy) is 2. The normalized spacial score (nSPS) is 16.5. The van der Waals surface area contributed by atoms with Crippen molar-refractivity contribution in [3.63, 3.8) is 0 Å². The molecular weight excluding hydrogens is 516 g/mol. The van der Waals surface area contributed by atoms with E-state index in [1.54, 1.807) is 0 Å². The van der Waals surface area contributed by atoms with Crippen LogP contribution in [0.25, 0.3) is 5.76 Å². The molecule has 1 aliphatic rings. The topological polar surface area (TPSA) is 79.3 Å². The van der Waals surface area contributed by atoms with E-state index >= 15 is 0 Å². The maximum atomic E-state index is 13.6. The third-order valence-corrected chi connectivity index (χ3v) is 7.42. The molecule has 1 aliphatic heterocycles. The second-order valence-corrected chi connectivity index (χ2v) is 9.82. The number of amides is 1. The van der Waals surface area contributed by atoms with Gasteiger partial charge in [-0.3, -0.25) is 14.5 Å². The predicted molar refractivity (Wildman–Crippen MR) is 155 cm³/mol. The molecular formula is C31H33ClN2O5. The van der Waals surface area contributed by atoms with Crippen LogP contribution in [0.3, 0.4) is 0 Å². The van der Waals surface area contributed by atoms with Crippen molar-refractivity contribution in [1.29, 1.82) is 0 Å². The summed E-state index contributed by atoms with van der Waals surface area (Å²) in [5.41, 5.74) is 4.34. The molecule has 7 nitrogen and oxygen atoms in total. The van der Waals surface area contributed by atoms with Crippen LogP contribution in [0.4, 0.5) is 11.4 Å². The van der Waals surface area contributed by atoms with Crippen LogP contribution in [-0.2, 0) is 9.59 Å². The van der Waals surface area contributed by atoms with E-state index in [9.17, 15) is 14.7 Å². The van der Waals surface area contributed by atoms with Gasteiger partial charge in [-0.25, -0.2) is 0 Å². The summed E-state index contributed by atoms with van der Waals surface area (Å²) in [6, 6.07) is 15.6. The fourth-order valence-corrected chi connectivity index (χ4v) is 5.35. The van der Waals surface area contributed by atoms with Crippen molar-refractivity contribution in [2.24, 2.45) is 0 Å². The van der Waals surface area contributed by atoms with Gasteiger partial charge in [-0.1, -0.05) is 41.4 Å². The van der Waals surface area contributed by atoms with E-state index in [2.05, 4.69) is 18.7 Å². The molecule has 0 bridgehead atoms. The summed E-state index contributed by atoms with van der Waals surface area (Å²) < 4.78 is 10.8. The first kappa shape index (κ1) is 28.0. The van der Waals surface area contributed by atoms with Crippen LogP contribution in [-0.4, -0.2) is 44.1 Å². The molecule has 8 heteroatoms. The molecule has 0 aromatic heterocycles. The Hall–Kier alpha value is -3.97. The van der Waals surface area contributed by atoms with Gasteiger partial charge >= 0.3 is 0 Å². The van der Waals surface area contributed by atoms with Crippen molar-refractivity contribution in [2.45, 2.75) is 33.7 Å². The highest BCUT2D eigenvalue weighted by molar-refractivity contribution is 6.52. The third-order valence-electron chi connectivity index (χ3n) is 7.12. The van der Waals surface area contributed by atoms with Crippen LogP contribution in [0, 0.1) is 13.8 Å². The maximum Gasteiger partial charge on any atom is 0.300 e. The van der Waals surface area contributed by atoms with Crippen molar-refractivity contribution in [2.75, 3.05) is 37.1 Å². The third kappa shape index (κ3) is 5.06. The van der Waals surface area contributed by atoms with Gasteiger partial charge in [0.2, 0.25) is 0 Å². The number of methoxy groups -OCH3 is 2. The smallest absolute Gasteiger partial charge is 0.300 e. The number of benzene rings is 3. The van der Waals surface area contributed by atoms with Gasteiger partial charge in [0.05, 0.1) is 36.4 Å². The number of hydrogen-bond acceptors (Lipinski definition) is 6. The number of Topliss-reactive ketones (excluding diaryl/α,β-unsaturated/α-hetero) is 1. The number of rotatable bonds is 8. The molecule has 1 heterocycles. The Kier molecular flexibility index (Phi) is 8.21. The molecule has 1 N–H and O–H groups in total. The van der Waals surface area contributed by atoms with Crippen LogP contribution < -0.4 is 19.3 Å². The zero-order valence-corrected chi connectivity index (χ0v) is 23.8. The van der Waals surface area contributed by atoms with Gasteiger partial charge in [0.15, 0.2) is 0 Å². The molecule has 0 aliphatic carbocycles. The van der Waals surface area contributed by atoms with Gasteiger partial charge in [-0.2, -0.15) is 0 Å². The van der Waals surface area contributed by atoms with E-state index in [1.165, 1.54) is 31.3 Å². The van der Waals surface area contributed by atoms with Gasteiger partial charge < -0.3 is 19.5 Å². The lowest BCUT2D eigenvalue weighted by atomic mass is 9.94. The fraction of sp³-hybridized carbons (Fsp3) is 0.290. The standard InChI is InChI=1S/C31H33ClN2O5/c1-7-33(8-2)21-12-10-20(11-13-21)28-27(29(35)22-16-26(39-6)23(32)17-25(22)38-5)30(36)31(37)34(28)24-14-9-18(3)15-19(24)4/h9-17,28,35H,7-8H2,1-6H3/b29-27+. The summed E-state index contributed by atoms with van der Waals surface area (Å²) in [6.07, 6.45) is 0. The quantitative estimate of drug-likeness (QED) is 0.198. The molecule has 0 saturated carbocycles. The van der Waals surface area contributed by atoms with Crippen LogP contribution >= 0.6 is 11.6 Å². The average molecular weight is 549 g/mol. The van der Waals surface area contributed by atoms with Crippen molar-refractivity contribution < 1.29 is 24.2 Å². The van der Waals surface area contributed by atoms with E-state index in [-0.39, 0.29) is 27.7 Å². The number of hydrogen-bond donors (Lipinski definition) is 1. The molecule has 3 aromatic carbocycles.